The lowest BCUT2D eigenvalue weighted by Crippen LogP contribution is -2.22. The van der Waals surface area contributed by atoms with Crippen molar-refractivity contribution < 1.29 is 9.50 Å². The second-order valence-corrected chi connectivity index (χ2v) is 4.23. The van der Waals surface area contributed by atoms with Crippen LogP contribution in [0.4, 0.5) is 4.39 Å². The molecule has 18 heavy (non-hydrogen) atoms. The molecule has 2 aromatic rings. The predicted molar refractivity (Wildman–Crippen MR) is 70.0 cm³/mol. The van der Waals surface area contributed by atoms with Gasteiger partial charge in [-0.15, -0.1) is 0 Å². The maximum absolute atomic E-state index is 13.9. The predicted octanol–water partition coefficient (Wildman–Crippen LogP) is 2.92. The van der Waals surface area contributed by atoms with Crippen LogP contribution >= 0.6 is 0 Å². The maximum Gasteiger partial charge on any atom is 0.146 e. The van der Waals surface area contributed by atoms with E-state index in [0.717, 1.165) is 13.1 Å². The average Bonchev–Trinajstić information content (AvgIpc) is 2.41. The summed E-state index contributed by atoms with van der Waals surface area (Å²) < 4.78 is 13.9. The average molecular weight is 248 g/mol. The topological polar surface area (TPSA) is 36.4 Å². The zero-order valence-electron chi connectivity index (χ0n) is 10.7. The zero-order chi connectivity index (χ0) is 13.1. The van der Waals surface area contributed by atoms with Crippen LogP contribution in [0.3, 0.4) is 0 Å². The van der Waals surface area contributed by atoms with Crippen LogP contribution in [0.15, 0.2) is 24.4 Å². The molecule has 96 valence electrons. The van der Waals surface area contributed by atoms with Crippen molar-refractivity contribution in [1.82, 2.24) is 9.88 Å². The molecule has 0 aliphatic carbocycles. The Morgan fingerprint density at radius 1 is 1.33 bits per heavy atom. The van der Waals surface area contributed by atoms with Gasteiger partial charge < -0.3 is 5.11 Å². The molecule has 1 N–H and O–H groups in total. The van der Waals surface area contributed by atoms with Crippen molar-refractivity contribution in [3.8, 4) is 5.75 Å². The fourth-order valence-electron chi connectivity index (χ4n) is 2.05. The third-order valence-electron chi connectivity index (χ3n) is 3.18. The van der Waals surface area contributed by atoms with Crippen molar-refractivity contribution in [1.29, 1.82) is 0 Å². The van der Waals surface area contributed by atoms with E-state index in [-0.39, 0.29) is 11.6 Å². The fraction of sp³-hybridized carbons (Fsp3) is 0.357. The van der Waals surface area contributed by atoms with Gasteiger partial charge in [0.2, 0.25) is 0 Å². The Morgan fingerprint density at radius 3 is 2.72 bits per heavy atom. The molecule has 1 heterocycles. The van der Waals surface area contributed by atoms with E-state index in [0.29, 0.717) is 23.0 Å². The summed E-state index contributed by atoms with van der Waals surface area (Å²) in [6.07, 6.45) is 1.56. The number of phenolic OH excluding ortho intramolecular Hbond substituents is 1. The number of nitrogens with zero attached hydrogens (tertiary/aromatic N) is 2. The molecule has 0 unspecified atom stereocenters. The highest BCUT2D eigenvalue weighted by atomic mass is 19.1. The molecule has 0 saturated carbocycles. The van der Waals surface area contributed by atoms with Crippen LogP contribution in [0.2, 0.25) is 0 Å². The van der Waals surface area contributed by atoms with Crippen LogP contribution in [-0.2, 0) is 6.54 Å². The first-order valence-electron chi connectivity index (χ1n) is 6.14. The molecule has 0 aliphatic heterocycles. The van der Waals surface area contributed by atoms with E-state index in [1.165, 1.54) is 6.07 Å². The molecular weight excluding hydrogens is 231 g/mol. The number of rotatable bonds is 4. The largest absolute Gasteiger partial charge is 0.505 e. The lowest BCUT2D eigenvalue weighted by molar-refractivity contribution is 0.290. The van der Waals surface area contributed by atoms with Gasteiger partial charge in [0.25, 0.3) is 0 Å². The van der Waals surface area contributed by atoms with Gasteiger partial charge in [0, 0.05) is 23.7 Å². The molecular formula is C14H17FN2O. The molecule has 0 bridgehead atoms. The van der Waals surface area contributed by atoms with Crippen LogP contribution in [0, 0.1) is 5.82 Å². The first kappa shape index (κ1) is 12.8. The Morgan fingerprint density at radius 2 is 2.06 bits per heavy atom. The van der Waals surface area contributed by atoms with Gasteiger partial charge in [0.05, 0.1) is 0 Å². The molecule has 2 rings (SSSR count). The van der Waals surface area contributed by atoms with Gasteiger partial charge in [-0.05, 0) is 31.3 Å². The van der Waals surface area contributed by atoms with Gasteiger partial charge in [0.15, 0.2) is 0 Å². The van der Waals surface area contributed by atoms with Crippen LogP contribution in [-0.4, -0.2) is 28.1 Å². The number of pyridine rings is 1. The third-order valence-corrected chi connectivity index (χ3v) is 3.18. The Bertz CT molecular complexity index is 553. The van der Waals surface area contributed by atoms with Gasteiger partial charge >= 0.3 is 0 Å². The number of hydrogen-bond donors (Lipinski definition) is 1. The van der Waals surface area contributed by atoms with Gasteiger partial charge in [0.1, 0.15) is 17.1 Å². The maximum atomic E-state index is 13.9. The summed E-state index contributed by atoms with van der Waals surface area (Å²) in [6.45, 7) is 6.32. The van der Waals surface area contributed by atoms with Gasteiger partial charge in [-0.1, -0.05) is 13.8 Å². The van der Waals surface area contributed by atoms with E-state index in [4.69, 9.17) is 0 Å². The van der Waals surface area contributed by atoms with Crippen molar-refractivity contribution in [3.63, 3.8) is 0 Å². The fourth-order valence-corrected chi connectivity index (χ4v) is 2.05. The van der Waals surface area contributed by atoms with Crippen LogP contribution < -0.4 is 0 Å². The van der Waals surface area contributed by atoms with Crippen LogP contribution in [0.1, 0.15) is 19.4 Å². The number of fused-ring (bicyclic) bond motifs is 1. The summed E-state index contributed by atoms with van der Waals surface area (Å²) in [5.74, 6) is -0.253. The molecule has 0 fully saturated rings. The van der Waals surface area contributed by atoms with E-state index in [1.807, 2.05) is 13.8 Å². The number of aromatic nitrogens is 1. The molecule has 1 aromatic heterocycles. The summed E-state index contributed by atoms with van der Waals surface area (Å²) in [4.78, 5) is 6.17. The summed E-state index contributed by atoms with van der Waals surface area (Å²) in [5, 5.41) is 10.5. The van der Waals surface area contributed by atoms with Gasteiger partial charge in [-0.25, -0.2) is 4.39 Å². The van der Waals surface area contributed by atoms with E-state index in [1.54, 1.807) is 18.3 Å². The summed E-state index contributed by atoms with van der Waals surface area (Å²) in [5.41, 5.74) is 0.919. The van der Waals surface area contributed by atoms with Crippen LogP contribution in [0.25, 0.3) is 10.9 Å². The second-order valence-electron chi connectivity index (χ2n) is 4.23. The Kier molecular flexibility index (Phi) is 3.77. The number of benzene rings is 1. The molecule has 0 amide bonds. The minimum absolute atomic E-state index is 0.0823. The Labute approximate surface area is 106 Å². The lowest BCUT2D eigenvalue weighted by atomic mass is 10.1. The summed E-state index contributed by atoms with van der Waals surface area (Å²) >= 11 is 0. The van der Waals surface area contributed by atoms with Crippen LogP contribution in [0.5, 0.6) is 5.75 Å². The first-order chi connectivity index (χ1) is 8.67. The SMILES string of the molecule is CCN(CC)Cc1cc(F)c2cccnc2c1O. The van der Waals surface area contributed by atoms with Crippen molar-refractivity contribution >= 4 is 10.9 Å². The number of hydrogen-bond acceptors (Lipinski definition) is 3. The van der Waals surface area contributed by atoms with Crippen molar-refractivity contribution in [2.24, 2.45) is 0 Å². The monoisotopic (exact) mass is 248 g/mol. The highest BCUT2D eigenvalue weighted by Crippen LogP contribution is 2.30. The highest BCUT2D eigenvalue weighted by Gasteiger charge is 2.13. The smallest absolute Gasteiger partial charge is 0.146 e. The van der Waals surface area contributed by atoms with Crippen molar-refractivity contribution in [3.05, 3.63) is 35.8 Å². The van der Waals surface area contributed by atoms with E-state index < -0.39 is 0 Å². The number of halogens is 1. The van der Waals surface area contributed by atoms with Crippen molar-refractivity contribution in [2.45, 2.75) is 20.4 Å². The van der Waals surface area contributed by atoms with Gasteiger partial charge in [-0.3, -0.25) is 9.88 Å². The Hall–Kier alpha value is -1.68. The molecule has 0 spiro atoms. The minimum Gasteiger partial charge on any atom is -0.505 e. The highest BCUT2D eigenvalue weighted by molar-refractivity contribution is 5.85. The standard InChI is InChI=1S/C14H17FN2O/c1-3-17(4-2)9-10-8-12(15)11-6-5-7-16-13(11)14(10)18/h5-8,18H,3-4,9H2,1-2H3. The summed E-state index contributed by atoms with van der Waals surface area (Å²) in [7, 11) is 0. The molecule has 1 aromatic carbocycles. The summed E-state index contributed by atoms with van der Waals surface area (Å²) in [6, 6.07) is 4.69. The second kappa shape index (κ2) is 5.31. The molecule has 0 radical (unpaired) electrons. The lowest BCUT2D eigenvalue weighted by Gasteiger charge is -2.19. The first-order valence-corrected chi connectivity index (χ1v) is 6.14. The number of phenols is 1. The molecule has 3 nitrogen and oxygen atoms in total. The normalized spacial score (nSPS) is 11.3. The molecule has 4 heteroatoms. The molecule has 0 aliphatic rings. The molecule has 0 saturated heterocycles. The number of aromatic hydroxyl groups is 1. The minimum atomic E-state index is -0.335. The molecule has 0 atom stereocenters. The third kappa shape index (κ3) is 2.29. The quantitative estimate of drug-likeness (QED) is 0.903. The van der Waals surface area contributed by atoms with E-state index in [9.17, 15) is 9.50 Å². The zero-order valence-corrected chi connectivity index (χ0v) is 10.7. The van der Waals surface area contributed by atoms with Gasteiger partial charge in [-0.2, -0.15) is 0 Å². The van der Waals surface area contributed by atoms with Crippen molar-refractivity contribution in [2.75, 3.05) is 13.1 Å². The van der Waals surface area contributed by atoms with E-state index >= 15 is 0 Å². The Balaban J connectivity index is 2.49. The van der Waals surface area contributed by atoms with E-state index in [2.05, 4.69) is 9.88 Å².